The van der Waals surface area contributed by atoms with E-state index in [4.69, 9.17) is 0 Å². The number of nitrogens with zero attached hydrogens (tertiary/aromatic N) is 5. The fraction of sp³-hybridized carbons (Fsp3) is 0.500. The predicted octanol–water partition coefficient (Wildman–Crippen LogP) is 1.78. The van der Waals surface area contributed by atoms with Crippen molar-refractivity contribution >= 4 is 11.6 Å². The molecule has 0 amide bonds. The Morgan fingerprint density at radius 1 is 1.15 bits per heavy atom. The summed E-state index contributed by atoms with van der Waals surface area (Å²) >= 11 is 0. The van der Waals surface area contributed by atoms with Gasteiger partial charge in [-0.25, -0.2) is 9.97 Å². The lowest BCUT2D eigenvalue weighted by Gasteiger charge is -2.15. The van der Waals surface area contributed by atoms with Crippen LogP contribution >= 0.6 is 0 Å². The molecule has 0 radical (unpaired) electrons. The Labute approximate surface area is 119 Å². The second-order valence-corrected chi connectivity index (χ2v) is 5.07. The van der Waals surface area contributed by atoms with Crippen LogP contribution in [0.5, 0.6) is 0 Å². The molecule has 6 heteroatoms. The smallest absolute Gasteiger partial charge is 0.171 e. The summed E-state index contributed by atoms with van der Waals surface area (Å²) in [5.41, 5.74) is 3.57. The van der Waals surface area contributed by atoms with E-state index in [2.05, 4.69) is 34.2 Å². The molecule has 0 aromatic carbocycles. The summed E-state index contributed by atoms with van der Waals surface area (Å²) in [5.74, 6) is 1.65. The lowest BCUT2D eigenvalue weighted by molar-refractivity contribution is 0.614. The summed E-state index contributed by atoms with van der Waals surface area (Å²) in [6, 6.07) is 0. The molecule has 0 aliphatic carbocycles. The van der Waals surface area contributed by atoms with Gasteiger partial charge in [0.2, 0.25) is 0 Å². The molecule has 2 rings (SSSR count). The van der Waals surface area contributed by atoms with Gasteiger partial charge >= 0.3 is 0 Å². The Balaban J connectivity index is 2.01. The topological polar surface area (TPSA) is 58.9 Å². The first kappa shape index (κ1) is 14.3. The number of rotatable bonds is 5. The van der Waals surface area contributed by atoms with E-state index in [0.717, 1.165) is 30.4 Å². The Morgan fingerprint density at radius 3 is 2.45 bits per heavy atom. The van der Waals surface area contributed by atoms with Gasteiger partial charge in [-0.05, 0) is 26.3 Å². The van der Waals surface area contributed by atoms with Gasteiger partial charge in [-0.15, -0.1) is 0 Å². The van der Waals surface area contributed by atoms with Crippen molar-refractivity contribution in [1.82, 2.24) is 19.7 Å². The Morgan fingerprint density at radius 2 is 1.85 bits per heavy atom. The fourth-order valence-electron chi connectivity index (χ4n) is 2.07. The molecule has 108 valence electrons. The highest BCUT2D eigenvalue weighted by molar-refractivity contribution is 5.59. The van der Waals surface area contributed by atoms with Crippen LogP contribution in [-0.2, 0) is 6.54 Å². The van der Waals surface area contributed by atoms with E-state index in [1.807, 2.05) is 30.6 Å². The number of aryl methyl sites for hydroxylation is 1. The lowest BCUT2D eigenvalue weighted by Crippen LogP contribution is -2.18. The summed E-state index contributed by atoms with van der Waals surface area (Å²) in [4.78, 5) is 10.6. The molecule has 1 N–H and O–H groups in total. The van der Waals surface area contributed by atoms with Crippen LogP contribution < -0.4 is 10.2 Å². The molecular formula is C14H22N6. The predicted molar refractivity (Wildman–Crippen MR) is 81.3 cm³/mol. The third kappa shape index (κ3) is 2.89. The van der Waals surface area contributed by atoms with E-state index < -0.39 is 0 Å². The van der Waals surface area contributed by atoms with Crippen LogP contribution in [0.4, 0.5) is 11.6 Å². The summed E-state index contributed by atoms with van der Waals surface area (Å²) in [5, 5.41) is 7.85. The van der Waals surface area contributed by atoms with Gasteiger partial charge in [0.25, 0.3) is 0 Å². The third-order valence-corrected chi connectivity index (χ3v) is 3.46. The van der Waals surface area contributed by atoms with E-state index >= 15 is 0 Å². The fourth-order valence-corrected chi connectivity index (χ4v) is 2.07. The van der Waals surface area contributed by atoms with Gasteiger partial charge in [-0.3, -0.25) is 4.68 Å². The maximum absolute atomic E-state index is 4.53. The van der Waals surface area contributed by atoms with Gasteiger partial charge in [-0.1, -0.05) is 0 Å². The minimum absolute atomic E-state index is 0.765. The minimum Gasteiger partial charge on any atom is -0.365 e. The van der Waals surface area contributed by atoms with E-state index in [9.17, 15) is 0 Å². The average molecular weight is 274 g/mol. The van der Waals surface area contributed by atoms with Crippen LogP contribution in [0.25, 0.3) is 0 Å². The molecule has 0 fully saturated rings. The van der Waals surface area contributed by atoms with Crippen molar-refractivity contribution in [2.75, 3.05) is 30.9 Å². The van der Waals surface area contributed by atoms with Crippen LogP contribution in [0, 0.1) is 20.8 Å². The summed E-state index contributed by atoms with van der Waals surface area (Å²) in [7, 11) is 3.92. The first-order valence-corrected chi connectivity index (χ1v) is 6.73. The summed E-state index contributed by atoms with van der Waals surface area (Å²) in [6.07, 6.45) is 3.40. The van der Waals surface area contributed by atoms with Gasteiger partial charge in [0.05, 0.1) is 12.2 Å². The maximum Gasteiger partial charge on any atom is 0.171 e. The molecule has 2 heterocycles. The molecule has 0 saturated carbocycles. The number of anilines is 2. The molecule has 0 aliphatic rings. The molecule has 20 heavy (non-hydrogen) atoms. The SMILES string of the molecule is Cc1nn(CCNc2nccnc2N(C)C)c(C)c1C. The highest BCUT2D eigenvalue weighted by Gasteiger charge is 2.08. The van der Waals surface area contributed by atoms with E-state index in [-0.39, 0.29) is 0 Å². The zero-order valence-corrected chi connectivity index (χ0v) is 12.8. The van der Waals surface area contributed by atoms with Crippen molar-refractivity contribution in [3.63, 3.8) is 0 Å². The molecule has 2 aromatic heterocycles. The van der Waals surface area contributed by atoms with E-state index in [1.54, 1.807) is 12.4 Å². The lowest BCUT2D eigenvalue weighted by atomic mass is 10.2. The van der Waals surface area contributed by atoms with Crippen molar-refractivity contribution in [2.24, 2.45) is 0 Å². The molecule has 2 aromatic rings. The monoisotopic (exact) mass is 274 g/mol. The molecule has 0 saturated heterocycles. The van der Waals surface area contributed by atoms with Crippen molar-refractivity contribution < 1.29 is 0 Å². The Hall–Kier alpha value is -2.11. The van der Waals surface area contributed by atoms with E-state index in [0.29, 0.717) is 0 Å². The second-order valence-electron chi connectivity index (χ2n) is 5.07. The van der Waals surface area contributed by atoms with E-state index in [1.165, 1.54) is 11.3 Å². The summed E-state index contributed by atoms with van der Waals surface area (Å²) < 4.78 is 2.03. The van der Waals surface area contributed by atoms with Gasteiger partial charge in [-0.2, -0.15) is 5.10 Å². The molecule has 0 atom stereocenters. The maximum atomic E-state index is 4.53. The van der Waals surface area contributed by atoms with Crippen LogP contribution in [0.1, 0.15) is 17.0 Å². The highest BCUT2D eigenvalue weighted by atomic mass is 15.3. The van der Waals surface area contributed by atoms with Crippen LogP contribution in [0.2, 0.25) is 0 Å². The second kappa shape index (κ2) is 5.90. The normalized spacial score (nSPS) is 10.7. The first-order valence-electron chi connectivity index (χ1n) is 6.73. The molecule has 0 aliphatic heterocycles. The molecular weight excluding hydrogens is 252 g/mol. The molecule has 0 bridgehead atoms. The third-order valence-electron chi connectivity index (χ3n) is 3.46. The van der Waals surface area contributed by atoms with Gasteiger partial charge in [0.1, 0.15) is 0 Å². The average Bonchev–Trinajstić information content (AvgIpc) is 2.67. The molecule has 0 spiro atoms. The minimum atomic E-state index is 0.765. The van der Waals surface area contributed by atoms with Crippen molar-refractivity contribution in [3.05, 3.63) is 29.3 Å². The molecule has 0 unspecified atom stereocenters. The van der Waals surface area contributed by atoms with Crippen LogP contribution in [0.3, 0.4) is 0 Å². The van der Waals surface area contributed by atoms with Gasteiger partial charge < -0.3 is 10.2 Å². The number of hydrogen-bond donors (Lipinski definition) is 1. The van der Waals surface area contributed by atoms with Crippen molar-refractivity contribution in [2.45, 2.75) is 27.3 Å². The zero-order chi connectivity index (χ0) is 14.7. The largest absolute Gasteiger partial charge is 0.365 e. The van der Waals surface area contributed by atoms with Crippen molar-refractivity contribution in [1.29, 1.82) is 0 Å². The summed E-state index contributed by atoms with van der Waals surface area (Å²) in [6.45, 7) is 7.82. The Bertz CT molecular complexity index is 587. The Kier molecular flexibility index (Phi) is 4.22. The van der Waals surface area contributed by atoms with Crippen LogP contribution in [-0.4, -0.2) is 40.4 Å². The van der Waals surface area contributed by atoms with Gasteiger partial charge in [0.15, 0.2) is 11.6 Å². The molecule has 6 nitrogen and oxygen atoms in total. The highest BCUT2D eigenvalue weighted by Crippen LogP contribution is 2.17. The quantitative estimate of drug-likeness (QED) is 0.900. The zero-order valence-electron chi connectivity index (χ0n) is 12.8. The van der Waals surface area contributed by atoms with Gasteiger partial charge in [0, 0.05) is 38.7 Å². The van der Waals surface area contributed by atoms with Crippen molar-refractivity contribution in [3.8, 4) is 0 Å². The standard InChI is InChI=1S/C14H22N6/c1-10-11(2)18-20(12(10)3)9-8-16-13-14(19(4)5)17-7-6-15-13/h6-7H,8-9H2,1-5H3,(H,15,16). The number of aromatic nitrogens is 4. The first-order chi connectivity index (χ1) is 9.50. The van der Waals surface area contributed by atoms with Crippen LogP contribution in [0.15, 0.2) is 12.4 Å². The number of hydrogen-bond acceptors (Lipinski definition) is 5. The number of nitrogens with one attached hydrogen (secondary N) is 1.